The van der Waals surface area contributed by atoms with E-state index in [1.165, 1.54) is 50.4 Å². The van der Waals surface area contributed by atoms with Crippen molar-refractivity contribution >= 4 is 11.6 Å². The molecular formula is C25H39ClF3N. The van der Waals surface area contributed by atoms with Crippen LogP contribution in [0, 0.1) is 6.92 Å². The van der Waals surface area contributed by atoms with E-state index in [0.29, 0.717) is 0 Å². The predicted octanol–water partition coefficient (Wildman–Crippen LogP) is 8.84. The van der Waals surface area contributed by atoms with Crippen LogP contribution in [0.15, 0.2) is 59.7 Å². The van der Waals surface area contributed by atoms with Gasteiger partial charge in [0, 0.05) is 11.6 Å². The van der Waals surface area contributed by atoms with Crippen molar-refractivity contribution in [3.05, 3.63) is 70.8 Å². The van der Waals surface area contributed by atoms with Crippen molar-refractivity contribution in [3.8, 4) is 0 Å². The number of piperidine rings is 1. The Morgan fingerprint density at radius 3 is 1.80 bits per heavy atom. The van der Waals surface area contributed by atoms with Crippen LogP contribution in [-0.2, 0) is 6.54 Å². The van der Waals surface area contributed by atoms with E-state index in [4.69, 9.17) is 11.6 Å². The minimum absolute atomic E-state index is 0.282. The first-order valence-electron chi connectivity index (χ1n) is 10.7. The summed E-state index contributed by atoms with van der Waals surface area (Å²) in [6, 6.07) is 8.92. The zero-order chi connectivity index (χ0) is 23.7. The average molecular weight is 446 g/mol. The summed E-state index contributed by atoms with van der Waals surface area (Å²) in [5.74, 6) is 0. The molecule has 1 aromatic rings. The maximum Gasteiger partial charge on any atom is 0.417 e. The van der Waals surface area contributed by atoms with Crippen molar-refractivity contribution in [1.82, 2.24) is 4.90 Å². The van der Waals surface area contributed by atoms with Crippen molar-refractivity contribution in [1.29, 1.82) is 0 Å². The summed E-state index contributed by atoms with van der Waals surface area (Å²) in [5.41, 5.74) is 2.14. The zero-order valence-electron chi connectivity index (χ0n) is 19.5. The van der Waals surface area contributed by atoms with Gasteiger partial charge in [0.25, 0.3) is 0 Å². The molecule has 0 spiro atoms. The molecule has 1 aliphatic rings. The lowest BCUT2D eigenvalue weighted by atomic mass is 10.1. The van der Waals surface area contributed by atoms with Gasteiger partial charge in [-0.05, 0) is 51.4 Å². The van der Waals surface area contributed by atoms with Gasteiger partial charge in [-0.3, -0.25) is 4.90 Å². The molecule has 1 fully saturated rings. The molecule has 2 rings (SSSR count). The molecule has 0 aliphatic carbocycles. The van der Waals surface area contributed by atoms with Crippen molar-refractivity contribution in [2.75, 3.05) is 13.1 Å². The Balaban J connectivity index is 0. The number of aryl methyl sites for hydroxylation is 1. The average Bonchev–Trinajstić information content (AvgIpc) is 2.71. The van der Waals surface area contributed by atoms with Crippen molar-refractivity contribution < 1.29 is 13.2 Å². The van der Waals surface area contributed by atoms with Crippen molar-refractivity contribution in [2.24, 2.45) is 0 Å². The number of hydrogen-bond acceptors (Lipinski definition) is 1. The van der Waals surface area contributed by atoms with E-state index in [9.17, 15) is 13.2 Å². The molecule has 0 bridgehead atoms. The molecule has 5 heteroatoms. The second kappa shape index (κ2) is 17.2. The first-order valence-corrected chi connectivity index (χ1v) is 11.0. The fraction of sp³-hybridized carbons (Fsp3) is 0.520. The third kappa shape index (κ3) is 14.5. The number of halogens is 4. The number of rotatable bonds is 4. The fourth-order valence-electron chi connectivity index (χ4n) is 2.63. The largest absolute Gasteiger partial charge is 0.417 e. The molecule has 1 aliphatic heterocycles. The Kier molecular flexibility index (Phi) is 17.6. The third-order valence-electron chi connectivity index (χ3n) is 3.96. The summed E-state index contributed by atoms with van der Waals surface area (Å²) < 4.78 is 36.2. The van der Waals surface area contributed by atoms with E-state index in [0.717, 1.165) is 12.6 Å². The Labute approximate surface area is 187 Å². The minimum Gasteiger partial charge on any atom is -0.299 e. The topological polar surface area (TPSA) is 3.24 Å². The maximum absolute atomic E-state index is 12.1. The molecule has 1 saturated heterocycles. The normalized spacial score (nSPS) is 14.1. The minimum atomic E-state index is -4.46. The van der Waals surface area contributed by atoms with Gasteiger partial charge in [0.2, 0.25) is 0 Å². The predicted molar refractivity (Wildman–Crippen MR) is 127 cm³/mol. The van der Waals surface area contributed by atoms with Crippen LogP contribution in [0.25, 0.3) is 0 Å². The van der Waals surface area contributed by atoms with Gasteiger partial charge in [-0.2, -0.15) is 13.2 Å². The van der Waals surface area contributed by atoms with E-state index >= 15 is 0 Å². The van der Waals surface area contributed by atoms with Crippen LogP contribution >= 0.6 is 11.6 Å². The SMILES string of the molecule is C=C(C)/C=C(\C(=C)Cl)C(F)(F)F.CC.CC.Cc1ccc(CN2CCCCC2)cc1. The van der Waals surface area contributed by atoms with Crippen LogP contribution in [0.2, 0.25) is 0 Å². The van der Waals surface area contributed by atoms with E-state index in [1.807, 2.05) is 27.7 Å². The molecule has 0 atom stereocenters. The second-order valence-electron chi connectivity index (χ2n) is 6.63. The number of likely N-dealkylation sites (tertiary alicyclic amines) is 1. The summed E-state index contributed by atoms with van der Waals surface area (Å²) in [6.07, 6.45) is 0.579. The zero-order valence-corrected chi connectivity index (χ0v) is 20.3. The first-order chi connectivity index (χ1) is 14.1. The van der Waals surface area contributed by atoms with E-state index in [1.54, 1.807) is 0 Å². The summed E-state index contributed by atoms with van der Waals surface area (Å²) in [4.78, 5) is 2.56. The van der Waals surface area contributed by atoms with E-state index in [2.05, 4.69) is 49.2 Å². The van der Waals surface area contributed by atoms with Crippen LogP contribution in [0.5, 0.6) is 0 Å². The fourth-order valence-corrected chi connectivity index (χ4v) is 2.79. The quantitative estimate of drug-likeness (QED) is 0.418. The highest BCUT2D eigenvalue weighted by Crippen LogP contribution is 2.32. The van der Waals surface area contributed by atoms with Crippen molar-refractivity contribution in [3.63, 3.8) is 0 Å². The van der Waals surface area contributed by atoms with E-state index in [-0.39, 0.29) is 5.57 Å². The molecule has 1 heterocycles. The summed E-state index contributed by atoms with van der Waals surface area (Å²) in [7, 11) is 0. The number of hydrogen-bond donors (Lipinski definition) is 0. The second-order valence-corrected chi connectivity index (χ2v) is 7.09. The summed E-state index contributed by atoms with van der Waals surface area (Å²) >= 11 is 5.15. The van der Waals surface area contributed by atoms with Crippen molar-refractivity contribution in [2.45, 2.75) is 73.5 Å². The maximum atomic E-state index is 12.1. The molecule has 172 valence electrons. The third-order valence-corrected chi connectivity index (χ3v) is 4.17. The molecule has 1 aromatic carbocycles. The number of benzene rings is 1. The van der Waals surface area contributed by atoms with Crippen LogP contribution in [0.3, 0.4) is 0 Å². The molecular weight excluding hydrogens is 407 g/mol. The van der Waals surface area contributed by atoms with E-state index < -0.39 is 16.8 Å². The lowest BCUT2D eigenvalue weighted by Crippen LogP contribution is -2.28. The molecule has 30 heavy (non-hydrogen) atoms. The molecule has 0 unspecified atom stereocenters. The van der Waals surface area contributed by atoms with Gasteiger partial charge in [-0.25, -0.2) is 0 Å². The molecule has 0 saturated carbocycles. The molecule has 1 nitrogen and oxygen atoms in total. The summed E-state index contributed by atoms with van der Waals surface area (Å²) in [6.45, 7) is 21.6. The molecule has 0 amide bonds. The highest BCUT2D eigenvalue weighted by atomic mass is 35.5. The van der Waals surface area contributed by atoms with Crippen LogP contribution < -0.4 is 0 Å². The number of allylic oxidation sites excluding steroid dienone is 4. The molecule has 0 N–H and O–H groups in total. The summed E-state index contributed by atoms with van der Waals surface area (Å²) in [5, 5.41) is -0.523. The van der Waals surface area contributed by atoms with Gasteiger partial charge in [0.1, 0.15) is 0 Å². The Morgan fingerprint density at radius 2 is 1.47 bits per heavy atom. The molecule has 0 aromatic heterocycles. The molecule has 0 radical (unpaired) electrons. The first kappa shape index (κ1) is 30.7. The Hall–Kier alpha value is -1.52. The number of nitrogens with zero attached hydrogens (tertiary/aromatic N) is 1. The van der Waals surface area contributed by atoms with Crippen LogP contribution in [0.4, 0.5) is 13.2 Å². The van der Waals surface area contributed by atoms with Gasteiger partial charge >= 0.3 is 6.18 Å². The Morgan fingerprint density at radius 1 is 1.00 bits per heavy atom. The van der Waals surface area contributed by atoms with Gasteiger partial charge < -0.3 is 0 Å². The lowest BCUT2D eigenvalue weighted by molar-refractivity contribution is -0.0886. The lowest BCUT2D eigenvalue weighted by Gasteiger charge is -2.26. The smallest absolute Gasteiger partial charge is 0.299 e. The van der Waals surface area contributed by atoms with Gasteiger partial charge in [0.15, 0.2) is 0 Å². The number of alkyl halides is 3. The highest BCUT2D eigenvalue weighted by Gasteiger charge is 2.34. The van der Waals surface area contributed by atoms with Crippen LogP contribution in [-0.4, -0.2) is 24.2 Å². The van der Waals surface area contributed by atoms with Crippen LogP contribution in [0.1, 0.15) is 65.0 Å². The Bertz CT molecular complexity index is 625. The van der Waals surface area contributed by atoms with Gasteiger partial charge in [-0.1, -0.05) is 94.3 Å². The highest BCUT2D eigenvalue weighted by molar-refractivity contribution is 6.31. The van der Waals surface area contributed by atoms with Gasteiger partial charge in [0.05, 0.1) is 5.57 Å². The standard InChI is InChI=1S/C13H19N.C8H8ClF3.2C2H6/c1-12-5-7-13(8-6-12)11-14-9-3-2-4-10-14;1-5(2)4-7(6(3)9)8(10,11)12;2*1-2/h5-8H,2-4,9-11H2,1H3;4H,1,3H2,2H3;2*1-2H3/b;7-4+;;. The monoisotopic (exact) mass is 445 g/mol. The van der Waals surface area contributed by atoms with Gasteiger partial charge in [-0.15, -0.1) is 0 Å².